The van der Waals surface area contributed by atoms with Crippen LogP contribution in [0.5, 0.6) is 0 Å². The van der Waals surface area contributed by atoms with Crippen LogP contribution in [-0.4, -0.2) is 16.8 Å². The normalized spacial score (nSPS) is 15.7. The fraction of sp³-hybridized carbons (Fsp3) is 0.400. The van der Waals surface area contributed by atoms with Crippen LogP contribution >= 0.6 is 23.2 Å². The number of hydrogen-bond donors (Lipinski definition) is 0. The van der Waals surface area contributed by atoms with Gasteiger partial charge >= 0.3 is 0 Å². The summed E-state index contributed by atoms with van der Waals surface area (Å²) in [5.41, 5.74) is 1.21. The van der Waals surface area contributed by atoms with Crippen molar-refractivity contribution in [1.29, 1.82) is 0 Å². The van der Waals surface area contributed by atoms with E-state index in [4.69, 9.17) is 23.2 Å². The van der Waals surface area contributed by atoms with Gasteiger partial charge in [0, 0.05) is 22.5 Å². The first-order valence-corrected chi connectivity index (χ1v) is 11.1. The minimum Gasteiger partial charge on any atom is -0.333 e. The molecule has 158 valence electrons. The summed E-state index contributed by atoms with van der Waals surface area (Å²) in [4.78, 5) is 14.4. The van der Waals surface area contributed by atoms with Crippen LogP contribution < -0.4 is 0 Å². The predicted octanol–water partition coefficient (Wildman–Crippen LogP) is 8.11. The molecule has 0 bridgehead atoms. The zero-order chi connectivity index (χ0) is 21.6. The molecule has 1 aliphatic heterocycles. The summed E-state index contributed by atoms with van der Waals surface area (Å²) in [6.45, 7) is 9.57. The van der Waals surface area contributed by atoms with Crippen molar-refractivity contribution in [3.63, 3.8) is 0 Å². The van der Waals surface area contributed by atoms with Crippen LogP contribution in [0.3, 0.4) is 0 Å². The van der Waals surface area contributed by atoms with Gasteiger partial charge in [-0.3, -0.25) is 4.79 Å². The Kier molecular flexibility index (Phi) is 12.4. The lowest BCUT2D eigenvalue weighted by molar-refractivity contribution is -0.140. The molecule has 1 aliphatic rings. The van der Waals surface area contributed by atoms with Gasteiger partial charge in [0.15, 0.2) is 0 Å². The third-order valence-corrected chi connectivity index (χ3v) is 5.32. The van der Waals surface area contributed by atoms with Crippen molar-refractivity contribution in [2.45, 2.75) is 65.0 Å². The van der Waals surface area contributed by atoms with Crippen molar-refractivity contribution in [2.75, 3.05) is 0 Å². The Morgan fingerprint density at radius 2 is 1.55 bits per heavy atom. The van der Waals surface area contributed by atoms with Gasteiger partial charge in [0.05, 0.1) is 6.04 Å². The van der Waals surface area contributed by atoms with Crippen molar-refractivity contribution in [3.05, 3.63) is 82.9 Å². The smallest absolute Gasteiger partial charge is 0.223 e. The molecule has 3 rings (SSSR count). The Morgan fingerprint density at radius 1 is 1.03 bits per heavy atom. The highest BCUT2D eigenvalue weighted by Crippen LogP contribution is 2.35. The summed E-state index contributed by atoms with van der Waals surface area (Å²) < 4.78 is 0. The van der Waals surface area contributed by atoms with Gasteiger partial charge in [-0.15, -0.1) is 6.58 Å². The van der Waals surface area contributed by atoms with Crippen molar-refractivity contribution in [1.82, 2.24) is 4.90 Å². The number of amides is 1. The molecule has 0 spiro atoms. The fourth-order valence-electron chi connectivity index (χ4n) is 3.46. The third-order valence-electron chi connectivity index (χ3n) is 4.82. The van der Waals surface area contributed by atoms with E-state index in [9.17, 15) is 4.79 Å². The molecule has 1 saturated heterocycles. The number of rotatable bonds is 4. The molecule has 1 atom stereocenters. The third kappa shape index (κ3) is 8.64. The zero-order valence-corrected chi connectivity index (χ0v) is 19.3. The molecule has 4 heteroatoms. The van der Waals surface area contributed by atoms with E-state index in [1.165, 1.54) is 5.56 Å². The number of carbonyl (C=O) groups is 1. The number of halogens is 2. The van der Waals surface area contributed by atoms with Crippen LogP contribution in [-0.2, 0) is 4.79 Å². The molecule has 0 saturated carbocycles. The number of piperidine rings is 1. The van der Waals surface area contributed by atoms with Crippen LogP contribution in [0.4, 0.5) is 0 Å². The molecule has 1 fully saturated rings. The van der Waals surface area contributed by atoms with E-state index in [1.54, 1.807) is 6.08 Å². The molecule has 2 aromatic rings. The predicted molar refractivity (Wildman–Crippen MR) is 127 cm³/mol. The summed E-state index contributed by atoms with van der Waals surface area (Å²) in [7, 11) is 0. The van der Waals surface area contributed by atoms with Crippen molar-refractivity contribution in [2.24, 2.45) is 0 Å². The Bertz CT molecular complexity index is 711. The van der Waals surface area contributed by atoms with Gasteiger partial charge in [-0.25, -0.2) is 0 Å². The maximum Gasteiger partial charge on any atom is 0.223 e. The van der Waals surface area contributed by atoms with E-state index < -0.39 is 0 Å². The zero-order valence-electron chi connectivity index (χ0n) is 17.8. The number of likely N-dealkylation sites (tertiary alicyclic amines) is 1. The van der Waals surface area contributed by atoms with Gasteiger partial charge in [-0.2, -0.15) is 0 Å². The monoisotopic (exact) mass is 433 g/mol. The lowest BCUT2D eigenvalue weighted by Crippen LogP contribution is -2.44. The van der Waals surface area contributed by atoms with E-state index in [1.807, 2.05) is 49.4 Å². The maximum atomic E-state index is 12.3. The van der Waals surface area contributed by atoms with Gasteiger partial charge < -0.3 is 4.90 Å². The van der Waals surface area contributed by atoms with E-state index in [-0.39, 0.29) is 6.04 Å². The van der Waals surface area contributed by atoms with E-state index >= 15 is 0 Å². The van der Waals surface area contributed by atoms with Gasteiger partial charge in [0.25, 0.3) is 0 Å². The molecular weight excluding hydrogens is 401 g/mol. The van der Waals surface area contributed by atoms with Crippen molar-refractivity contribution >= 4 is 29.1 Å². The number of allylic oxidation sites excluding steroid dienone is 1. The number of carbonyl (C=O) groups excluding carboxylic acids is 1. The highest BCUT2D eigenvalue weighted by Gasteiger charge is 2.32. The number of nitrogens with zero attached hydrogens (tertiary/aromatic N) is 1. The Labute approximate surface area is 186 Å². The molecule has 1 unspecified atom stereocenters. The van der Waals surface area contributed by atoms with Crippen molar-refractivity contribution < 1.29 is 4.79 Å². The van der Waals surface area contributed by atoms with Crippen LogP contribution in [0.1, 0.15) is 64.5 Å². The number of benzene rings is 2. The van der Waals surface area contributed by atoms with Crippen LogP contribution in [0, 0.1) is 0 Å². The minimum absolute atomic E-state index is 0.225. The topological polar surface area (TPSA) is 20.3 Å². The SMILES string of the molecule is C=CC.CCC(CC)N1C(=O)CCCC1c1ccc(Cl)cc1.Clc1ccccc1. The first-order valence-electron chi connectivity index (χ1n) is 10.3. The van der Waals surface area contributed by atoms with E-state index in [0.29, 0.717) is 18.4 Å². The van der Waals surface area contributed by atoms with Gasteiger partial charge in [-0.05, 0) is 62.4 Å². The summed E-state index contributed by atoms with van der Waals surface area (Å²) in [6, 6.07) is 18.0. The Balaban J connectivity index is 0.000000347. The van der Waals surface area contributed by atoms with Crippen LogP contribution in [0.2, 0.25) is 10.0 Å². The average molecular weight is 434 g/mol. The molecule has 2 aromatic carbocycles. The molecule has 0 N–H and O–H groups in total. The second kappa shape index (κ2) is 14.3. The second-order valence-corrected chi connectivity index (χ2v) is 7.81. The summed E-state index contributed by atoms with van der Waals surface area (Å²) in [5, 5.41) is 1.54. The highest BCUT2D eigenvalue weighted by molar-refractivity contribution is 6.30. The summed E-state index contributed by atoms with van der Waals surface area (Å²) >= 11 is 11.5. The average Bonchev–Trinajstić information content (AvgIpc) is 2.72. The fourth-order valence-corrected chi connectivity index (χ4v) is 3.73. The largest absolute Gasteiger partial charge is 0.333 e. The molecular formula is C25H33Cl2NO. The quantitative estimate of drug-likeness (QED) is 0.445. The van der Waals surface area contributed by atoms with Gasteiger partial charge in [0.2, 0.25) is 5.91 Å². The highest BCUT2D eigenvalue weighted by atomic mass is 35.5. The van der Waals surface area contributed by atoms with Crippen LogP contribution in [0.15, 0.2) is 67.3 Å². The molecule has 29 heavy (non-hydrogen) atoms. The summed E-state index contributed by atoms with van der Waals surface area (Å²) in [6.07, 6.45) is 6.53. The van der Waals surface area contributed by atoms with E-state index in [2.05, 4.69) is 37.5 Å². The lowest BCUT2D eigenvalue weighted by Gasteiger charge is -2.41. The molecule has 2 nitrogen and oxygen atoms in total. The summed E-state index contributed by atoms with van der Waals surface area (Å²) in [5.74, 6) is 0.305. The standard InChI is InChI=1S/C16H22ClNO.C6H5Cl.C3H6/c1-3-14(4-2)18-15(6-5-7-16(18)19)12-8-10-13(17)11-9-12;7-6-4-2-1-3-5-6;1-3-2/h8-11,14-15H,3-7H2,1-2H3;1-5H;3H,1H2,2H3. The first-order chi connectivity index (χ1) is 14.0. The minimum atomic E-state index is 0.225. The van der Waals surface area contributed by atoms with E-state index in [0.717, 1.165) is 35.7 Å². The maximum absolute atomic E-state index is 12.3. The molecule has 0 aromatic heterocycles. The molecule has 0 aliphatic carbocycles. The van der Waals surface area contributed by atoms with Crippen molar-refractivity contribution in [3.8, 4) is 0 Å². The number of hydrogen-bond acceptors (Lipinski definition) is 1. The molecule has 1 amide bonds. The van der Waals surface area contributed by atoms with Crippen LogP contribution in [0.25, 0.3) is 0 Å². The molecule has 1 heterocycles. The van der Waals surface area contributed by atoms with Gasteiger partial charge in [-0.1, -0.05) is 73.5 Å². The second-order valence-electron chi connectivity index (χ2n) is 6.93. The lowest BCUT2D eigenvalue weighted by atomic mass is 9.92. The Hall–Kier alpha value is -1.77. The molecule has 0 radical (unpaired) electrons. The first kappa shape index (κ1) is 25.3. The van der Waals surface area contributed by atoms with Gasteiger partial charge in [0.1, 0.15) is 0 Å². The Morgan fingerprint density at radius 3 is 2.00 bits per heavy atom.